The van der Waals surface area contributed by atoms with Crippen molar-refractivity contribution in [1.29, 1.82) is 0 Å². The van der Waals surface area contributed by atoms with E-state index in [2.05, 4.69) is 43.7 Å². The lowest BCUT2D eigenvalue weighted by Gasteiger charge is -2.09. The van der Waals surface area contributed by atoms with Crippen LogP contribution in [0.15, 0.2) is 43.7 Å². The first-order valence-corrected chi connectivity index (χ1v) is 7.67. The minimum Gasteiger partial charge on any atom is -0.467 e. The number of guanidine groups is 1. The molecule has 2 rings (SSSR count). The van der Waals surface area contributed by atoms with Gasteiger partial charge in [-0.1, -0.05) is 0 Å². The van der Waals surface area contributed by atoms with E-state index in [0.29, 0.717) is 6.54 Å². The number of hydrogen-bond donors (Lipinski definition) is 2. The van der Waals surface area contributed by atoms with Crippen LogP contribution in [-0.2, 0) is 13.1 Å². The average molecular weight is 470 g/mol. The van der Waals surface area contributed by atoms with Crippen LogP contribution in [-0.4, -0.2) is 12.5 Å². The van der Waals surface area contributed by atoms with Crippen LogP contribution in [0.5, 0.6) is 0 Å². The van der Waals surface area contributed by atoms with Crippen LogP contribution < -0.4 is 10.6 Å². The maximum atomic E-state index is 5.26. The predicted molar refractivity (Wildman–Crippen MR) is 97.8 cm³/mol. The molecule has 110 valence electrons. The van der Waals surface area contributed by atoms with Gasteiger partial charge in [-0.3, -0.25) is 0 Å². The van der Waals surface area contributed by atoms with Gasteiger partial charge < -0.3 is 15.1 Å². The summed E-state index contributed by atoms with van der Waals surface area (Å²) in [6.07, 6.45) is 1.66. The van der Waals surface area contributed by atoms with Gasteiger partial charge in [0.15, 0.2) is 5.96 Å². The molecule has 0 aliphatic rings. The Bertz CT molecular complexity index is 527. The highest BCUT2D eigenvalue weighted by molar-refractivity contribution is 14.0. The summed E-state index contributed by atoms with van der Waals surface area (Å²) in [5.74, 6) is 1.65. The predicted octanol–water partition coefficient (Wildman–Crippen LogP) is 3.98. The third kappa shape index (κ3) is 5.84. The summed E-state index contributed by atoms with van der Waals surface area (Å²) in [6, 6.07) is 7.93. The Hall–Kier alpha value is -0.540. The van der Waals surface area contributed by atoms with Crippen molar-refractivity contribution in [2.45, 2.75) is 20.0 Å². The maximum absolute atomic E-state index is 5.26. The molecule has 0 bridgehead atoms. The Balaban J connectivity index is 0.00000200. The molecule has 0 fully saturated rings. The number of halogens is 2. The number of rotatable bonds is 5. The van der Waals surface area contributed by atoms with Gasteiger partial charge in [-0.2, -0.15) is 0 Å². The first-order valence-electron chi connectivity index (χ1n) is 6.06. The second-order valence-electron chi connectivity index (χ2n) is 3.83. The Kier molecular flexibility index (Phi) is 8.24. The molecule has 0 atom stereocenters. The van der Waals surface area contributed by atoms with Crippen molar-refractivity contribution in [3.8, 4) is 0 Å². The van der Waals surface area contributed by atoms with Crippen molar-refractivity contribution in [1.82, 2.24) is 10.6 Å². The molecule has 2 N–H and O–H groups in total. The molecule has 0 spiro atoms. The smallest absolute Gasteiger partial charge is 0.191 e. The summed E-state index contributed by atoms with van der Waals surface area (Å²) in [6.45, 7) is 4.18. The zero-order valence-corrected chi connectivity index (χ0v) is 15.8. The second kappa shape index (κ2) is 9.41. The van der Waals surface area contributed by atoms with Crippen LogP contribution in [0.3, 0.4) is 0 Å². The quantitative estimate of drug-likeness (QED) is 0.395. The van der Waals surface area contributed by atoms with Gasteiger partial charge in [-0.15, -0.1) is 35.3 Å². The molecular formula is C13H17BrIN3OS. The monoisotopic (exact) mass is 469 g/mol. The normalized spacial score (nSPS) is 11.0. The molecule has 2 heterocycles. The van der Waals surface area contributed by atoms with Crippen molar-refractivity contribution in [2.24, 2.45) is 4.99 Å². The highest BCUT2D eigenvalue weighted by Gasteiger charge is 2.01. The molecule has 0 unspecified atom stereocenters. The number of nitrogens with zero attached hydrogens (tertiary/aromatic N) is 1. The summed E-state index contributed by atoms with van der Waals surface area (Å²) >= 11 is 5.18. The Morgan fingerprint density at radius 3 is 2.80 bits per heavy atom. The molecule has 4 nitrogen and oxygen atoms in total. The van der Waals surface area contributed by atoms with Crippen LogP contribution in [0.25, 0.3) is 0 Å². The first-order chi connectivity index (χ1) is 9.28. The lowest BCUT2D eigenvalue weighted by Crippen LogP contribution is -2.36. The van der Waals surface area contributed by atoms with E-state index in [9.17, 15) is 0 Å². The fourth-order valence-corrected chi connectivity index (χ4v) is 2.94. The zero-order valence-electron chi connectivity index (χ0n) is 11.1. The van der Waals surface area contributed by atoms with Crippen molar-refractivity contribution < 1.29 is 4.42 Å². The van der Waals surface area contributed by atoms with Crippen LogP contribution >= 0.6 is 51.2 Å². The van der Waals surface area contributed by atoms with E-state index in [0.717, 1.165) is 28.6 Å². The summed E-state index contributed by atoms with van der Waals surface area (Å²) in [5, 5.41) is 6.51. The van der Waals surface area contributed by atoms with Crippen molar-refractivity contribution >= 4 is 57.2 Å². The largest absolute Gasteiger partial charge is 0.467 e. The van der Waals surface area contributed by atoms with Crippen LogP contribution in [0.4, 0.5) is 0 Å². The molecule has 0 saturated heterocycles. The van der Waals surface area contributed by atoms with Crippen molar-refractivity contribution in [3.63, 3.8) is 0 Å². The molecule has 0 saturated carbocycles. The molecule has 0 aromatic carbocycles. The molecule has 0 aliphatic heterocycles. The van der Waals surface area contributed by atoms with E-state index in [-0.39, 0.29) is 24.0 Å². The van der Waals surface area contributed by atoms with Gasteiger partial charge in [-0.05, 0) is 47.1 Å². The van der Waals surface area contributed by atoms with Gasteiger partial charge in [0.25, 0.3) is 0 Å². The number of thiophene rings is 1. The van der Waals surface area contributed by atoms with Crippen molar-refractivity contribution in [2.75, 3.05) is 6.54 Å². The van der Waals surface area contributed by atoms with E-state index in [4.69, 9.17) is 4.42 Å². The number of aliphatic imine (C=N–C) groups is 1. The second-order valence-corrected chi connectivity index (χ2v) is 6.38. The molecule has 0 radical (unpaired) electrons. The number of nitrogens with one attached hydrogen (secondary N) is 2. The standard InChI is InChI=1S/C13H16BrN3OS.HI/c1-2-15-13(16-8-10-4-3-7-18-10)17-9-11-5-6-12(14)19-11;/h3-7H,2,8-9H2,1H3,(H2,15,16,17);1H. The minimum atomic E-state index is 0. The highest BCUT2D eigenvalue weighted by atomic mass is 127. The van der Waals surface area contributed by atoms with Gasteiger partial charge in [0.05, 0.1) is 16.6 Å². The lowest BCUT2D eigenvalue weighted by molar-refractivity contribution is 0.512. The molecule has 0 amide bonds. The highest BCUT2D eigenvalue weighted by Crippen LogP contribution is 2.21. The Morgan fingerprint density at radius 2 is 2.20 bits per heavy atom. The molecule has 2 aromatic heterocycles. The van der Waals surface area contributed by atoms with Crippen LogP contribution in [0, 0.1) is 0 Å². The lowest BCUT2D eigenvalue weighted by atomic mass is 10.4. The number of furan rings is 1. The third-order valence-electron chi connectivity index (χ3n) is 2.38. The first kappa shape index (κ1) is 17.5. The fraction of sp³-hybridized carbons (Fsp3) is 0.308. The van der Waals surface area contributed by atoms with Crippen LogP contribution in [0.2, 0.25) is 0 Å². The summed E-state index contributed by atoms with van der Waals surface area (Å²) in [5.41, 5.74) is 0. The van der Waals surface area contributed by atoms with Crippen LogP contribution in [0.1, 0.15) is 17.6 Å². The molecule has 0 aliphatic carbocycles. The summed E-state index contributed by atoms with van der Waals surface area (Å²) < 4.78 is 6.40. The molecule has 7 heteroatoms. The maximum Gasteiger partial charge on any atom is 0.191 e. The number of hydrogen-bond acceptors (Lipinski definition) is 3. The van der Waals surface area contributed by atoms with E-state index in [1.165, 1.54) is 4.88 Å². The van der Waals surface area contributed by atoms with Gasteiger partial charge in [0, 0.05) is 11.4 Å². The molecule has 20 heavy (non-hydrogen) atoms. The Labute approximate surface area is 148 Å². The van der Waals surface area contributed by atoms with E-state index in [1.807, 2.05) is 19.1 Å². The van der Waals surface area contributed by atoms with Gasteiger partial charge in [0.1, 0.15) is 12.3 Å². The van der Waals surface area contributed by atoms with E-state index >= 15 is 0 Å². The summed E-state index contributed by atoms with van der Waals surface area (Å²) in [4.78, 5) is 5.73. The van der Waals surface area contributed by atoms with E-state index in [1.54, 1.807) is 17.6 Å². The fourth-order valence-electron chi connectivity index (χ4n) is 1.52. The molecular weight excluding hydrogens is 453 g/mol. The molecule has 2 aromatic rings. The van der Waals surface area contributed by atoms with Gasteiger partial charge >= 0.3 is 0 Å². The summed E-state index contributed by atoms with van der Waals surface area (Å²) in [7, 11) is 0. The van der Waals surface area contributed by atoms with Gasteiger partial charge in [0.2, 0.25) is 0 Å². The SMILES string of the molecule is CCNC(=NCc1ccco1)NCc1ccc(Br)s1.I. The average Bonchev–Trinajstić information content (AvgIpc) is 3.04. The van der Waals surface area contributed by atoms with Gasteiger partial charge in [-0.25, -0.2) is 4.99 Å². The topological polar surface area (TPSA) is 49.6 Å². The third-order valence-corrected chi connectivity index (χ3v) is 4.00. The minimum absolute atomic E-state index is 0. The van der Waals surface area contributed by atoms with E-state index < -0.39 is 0 Å². The van der Waals surface area contributed by atoms with Crippen molar-refractivity contribution in [3.05, 3.63) is 45.0 Å². The zero-order chi connectivity index (χ0) is 13.5. The Morgan fingerprint density at radius 1 is 1.35 bits per heavy atom.